The first-order valence-corrected chi connectivity index (χ1v) is 9.09. The maximum Gasteiger partial charge on any atom is 0.417 e. The molecule has 1 N–H and O–H groups in total. The Morgan fingerprint density at radius 1 is 1.14 bits per heavy atom. The van der Waals surface area contributed by atoms with Crippen LogP contribution in [0.25, 0.3) is 0 Å². The molecule has 1 aromatic carbocycles. The zero-order valence-corrected chi connectivity index (χ0v) is 15.8. The Morgan fingerprint density at radius 3 is 2.46 bits per heavy atom. The van der Waals surface area contributed by atoms with Crippen LogP contribution < -0.4 is 10.2 Å². The Hall–Kier alpha value is -2.84. The van der Waals surface area contributed by atoms with Gasteiger partial charge >= 0.3 is 6.18 Å². The number of piperazine rings is 1. The maximum atomic E-state index is 13.2. The molecule has 0 radical (unpaired) electrons. The van der Waals surface area contributed by atoms with Gasteiger partial charge in [0, 0.05) is 44.5 Å². The van der Waals surface area contributed by atoms with Crippen molar-refractivity contribution in [3.63, 3.8) is 0 Å². The summed E-state index contributed by atoms with van der Waals surface area (Å²) >= 11 is 0. The normalized spacial score (nSPS) is 14.9. The molecule has 0 unspecified atom stereocenters. The standard InChI is InChI=1S/C19H22F3N5O/c1-3-23-16-12-13(2)24-18(25-16)27-10-8-26(9-11-27)17(28)14-6-4-5-7-15(14)19(20,21)22/h4-7,12H,3,8-11H2,1-2H3,(H,23,24,25). The molecule has 1 saturated heterocycles. The molecule has 0 atom stereocenters. The number of carbonyl (C=O) groups is 1. The average molecular weight is 393 g/mol. The van der Waals surface area contributed by atoms with Crippen LogP contribution in [0, 0.1) is 6.92 Å². The van der Waals surface area contributed by atoms with Crippen molar-refractivity contribution in [3.8, 4) is 0 Å². The van der Waals surface area contributed by atoms with Gasteiger partial charge in [-0.2, -0.15) is 18.2 Å². The minimum Gasteiger partial charge on any atom is -0.370 e. The quantitative estimate of drug-likeness (QED) is 0.865. The Labute approximate surface area is 161 Å². The molecule has 150 valence electrons. The second-order valence-corrected chi connectivity index (χ2v) is 6.55. The first kappa shape index (κ1) is 19.9. The Bertz CT molecular complexity index is 848. The van der Waals surface area contributed by atoms with E-state index in [1.807, 2.05) is 24.8 Å². The van der Waals surface area contributed by atoms with E-state index < -0.39 is 17.6 Å². The second-order valence-electron chi connectivity index (χ2n) is 6.55. The highest BCUT2D eigenvalue weighted by Crippen LogP contribution is 2.32. The summed E-state index contributed by atoms with van der Waals surface area (Å²) in [4.78, 5) is 25.0. The van der Waals surface area contributed by atoms with E-state index in [0.717, 1.165) is 24.1 Å². The van der Waals surface area contributed by atoms with Gasteiger partial charge < -0.3 is 15.1 Å². The van der Waals surface area contributed by atoms with Crippen molar-refractivity contribution in [1.29, 1.82) is 0 Å². The summed E-state index contributed by atoms with van der Waals surface area (Å²) in [7, 11) is 0. The Balaban J connectivity index is 1.72. The molecule has 28 heavy (non-hydrogen) atoms. The van der Waals surface area contributed by atoms with Crippen LogP contribution in [0.5, 0.6) is 0 Å². The number of aryl methyl sites for hydroxylation is 1. The highest BCUT2D eigenvalue weighted by atomic mass is 19.4. The Kier molecular flexibility index (Phi) is 5.71. The zero-order chi connectivity index (χ0) is 20.3. The van der Waals surface area contributed by atoms with Gasteiger partial charge in [0.2, 0.25) is 5.95 Å². The van der Waals surface area contributed by atoms with Gasteiger partial charge in [-0.25, -0.2) is 4.98 Å². The number of anilines is 2. The molecule has 1 aliphatic rings. The Morgan fingerprint density at radius 2 is 1.82 bits per heavy atom. The number of nitrogens with one attached hydrogen (secondary N) is 1. The fraction of sp³-hybridized carbons (Fsp3) is 0.421. The van der Waals surface area contributed by atoms with Crippen LogP contribution >= 0.6 is 0 Å². The average Bonchev–Trinajstić information content (AvgIpc) is 2.67. The van der Waals surface area contributed by atoms with Crippen molar-refractivity contribution >= 4 is 17.7 Å². The highest BCUT2D eigenvalue weighted by Gasteiger charge is 2.36. The molecule has 1 fully saturated rings. The van der Waals surface area contributed by atoms with Crippen LogP contribution in [0.15, 0.2) is 30.3 Å². The van der Waals surface area contributed by atoms with Crippen LogP contribution in [-0.4, -0.2) is 53.5 Å². The molecule has 2 heterocycles. The number of carbonyl (C=O) groups excluding carboxylic acids is 1. The second kappa shape index (κ2) is 8.04. The number of aromatic nitrogens is 2. The monoisotopic (exact) mass is 393 g/mol. The van der Waals surface area contributed by atoms with Crippen molar-refractivity contribution in [2.45, 2.75) is 20.0 Å². The van der Waals surface area contributed by atoms with Crippen molar-refractivity contribution in [2.24, 2.45) is 0 Å². The van der Waals surface area contributed by atoms with Gasteiger partial charge in [-0.15, -0.1) is 0 Å². The van der Waals surface area contributed by atoms with E-state index in [1.54, 1.807) is 0 Å². The summed E-state index contributed by atoms with van der Waals surface area (Å²) in [5.74, 6) is 0.674. The van der Waals surface area contributed by atoms with Gasteiger partial charge in [0.1, 0.15) is 5.82 Å². The van der Waals surface area contributed by atoms with Gasteiger partial charge in [0.15, 0.2) is 0 Å². The number of benzene rings is 1. The largest absolute Gasteiger partial charge is 0.417 e. The summed E-state index contributed by atoms with van der Waals surface area (Å²) in [6.07, 6.45) is -4.56. The third-order valence-corrected chi connectivity index (χ3v) is 4.51. The fourth-order valence-corrected chi connectivity index (χ4v) is 3.16. The molecule has 9 heteroatoms. The van der Waals surface area contributed by atoms with E-state index in [2.05, 4.69) is 15.3 Å². The van der Waals surface area contributed by atoms with Gasteiger partial charge in [-0.1, -0.05) is 12.1 Å². The molecule has 0 spiro atoms. The molecule has 1 aromatic heterocycles. The van der Waals surface area contributed by atoms with Crippen LogP contribution in [0.4, 0.5) is 24.9 Å². The number of amides is 1. The summed E-state index contributed by atoms with van der Waals surface area (Å²) in [5, 5.41) is 3.15. The van der Waals surface area contributed by atoms with E-state index in [4.69, 9.17) is 0 Å². The zero-order valence-electron chi connectivity index (χ0n) is 15.8. The topological polar surface area (TPSA) is 61.4 Å². The van der Waals surface area contributed by atoms with E-state index in [-0.39, 0.29) is 5.56 Å². The molecule has 3 rings (SSSR count). The number of halogens is 3. The summed E-state index contributed by atoms with van der Waals surface area (Å²) in [5.41, 5.74) is -0.400. The summed E-state index contributed by atoms with van der Waals surface area (Å²) in [6, 6.07) is 6.74. The molecule has 2 aromatic rings. The number of nitrogens with zero attached hydrogens (tertiary/aromatic N) is 4. The van der Waals surface area contributed by atoms with Gasteiger partial charge in [-0.05, 0) is 26.0 Å². The molecule has 1 aliphatic heterocycles. The number of alkyl halides is 3. The third kappa shape index (κ3) is 4.35. The molecule has 0 bridgehead atoms. The predicted molar refractivity (Wildman–Crippen MR) is 100 cm³/mol. The van der Waals surface area contributed by atoms with Crippen molar-refractivity contribution in [1.82, 2.24) is 14.9 Å². The number of hydrogen-bond acceptors (Lipinski definition) is 5. The minimum absolute atomic E-state index is 0.304. The van der Waals surface area contributed by atoms with E-state index >= 15 is 0 Å². The third-order valence-electron chi connectivity index (χ3n) is 4.51. The number of rotatable bonds is 4. The first-order chi connectivity index (χ1) is 13.3. The summed E-state index contributed by atoms with van der Waals surface area (Å²) in [6.45, 7) is 6.10. The molecular weight excluding hydrogens is 371 g/mol. The molecule has 0 saturated carbocycles. The van der Waals surface area contributed by atoms with Crippen molar-refractivity contribution in [2.75, 3.05) is 42.9 Å². The lowest BCUT2D eigenvalue weighted by atomic mass is 10.1. The van der Waals surface area contributed by atoms with E-state index in [1.165, 1.54) is 23.1 Å². The fourth-order valence-electron chi connectivity index (χ4n) is 3.16. The molecule has 6 nitrogen and oxygen atoms in total. The van der Waals surface area contributed by atoms with E-state index in [0.29, 0.717) is 32.1 Å². The van der Waals surface area contributed by atoms with Crippen LogP contribution in [0.1, 0.15) is 28.5 Å². The van der Waals surface area contributed by atoms with Crippen LogP contribution in [0.2, 0.25) is 0 Å². The van der Waals surface area contributed by atoms with Crippen LogP contribution in [0.3, 0.4) is 0 Å². The number of hydrogen-bond donors (Lipinski definition) is 1. The lowest BCUT2D eigenvalue weighted by molar-refractivity contribution is -0.138. The SMILES string of the molecule is CCNc1cc(C)nc(N2CCN(C(=O)c3ccccc3C(F)(F)F)CC2)n1. The molecule has 1 amide bonds. The summed E-state index contributed by atoms with van der Waals surface area (Å²) < 4.78 is 39.6. The van der Waals surface area contributed by atoms with E-state index in [9.17, 15) is 18.0 Å². The maximum absolute atomic E-state index is 13.2. The van der Waals surface area contributed by atoms with Gasteiger partial charge in [0.05, 0.1) is 11.1 Å². The molecular formula is C19H22F3N5O. The predicted octanol–water partition coefficient (Wildman–Crippen LogP) is 3.20. The van der Waals surface area contributed by atoms with Gasteiger partial charge in [0.25, 0.3) is 5.91 Å². The van der Waals surface area contributed by atoms with Crippen molar-refractivity contribution < 1.29 is 18.0 Å². The van der Waals surface area contributed by atoms with Crippen molar-refractivity contribution in [3.05, 3.63) is 47.2 Å². The first-order valence-electron chi connectivity index (χ1n) is 9.09. The molecule has 0 aliphatic carbocycles. The van der Waals surface area contributed by atoms with Gasteiger partial charge in [-0.3, -0.25) is 4.79 Å². The highest BCUT2D eigenvalue weighted by molar-refractivity contribution is 5.96. The smallest absolute Gasteiger partial charge is 0.370 e. The lowest BCUT2D eigenvalue weighted by Gasteiger charge is -2.35. The van der Waals surface area contributed by atoms with Crippen LogP contribution in [-0.2, 0) is 6.18 Å². The lowest BCUT2D eigenvalue weighted by Crippen LogP contribution is -2.49. The minimum atomic E-state index is -4.56.